The smallest absolute Gasteiger partial charge is 0.326 e. The lowest BCUT2D eigenvalue weighted by Crippen LogP contribution is -2.29. The molecular formula is C22H20F6N2O2. The summed E-state index contributed by atoms with van der Waals surface area (Å²) in [5.74, 6) is -2.93. The molecule has 32 heavy (non-hydrogen) atoms. The third kappa shape index (κ3) is 4.58. The van der Waals surface area contributed by atoms with Gasteiger partial charge in [0, 0.05) is 23.8 Å². The van der Waals surface area contributed by atoms with Crippen molar-refractivity contribution in [1.29, 1.82) is 0 Å². The number of alkyl halides is 6. The predicted molar refractivity (Wildman–Crippen MR) is 106 cm³/mol. The molecule has 172 valence electrons. The van der Waals surface area contributed by atoms with Crippen molar-refractivity contribution in [3.63, 3.8) is 0 Å². The quantitative estimate of drug-likeness (QED) is 0.611. The highest BCUT2D eigenvalue weighted by molar-refractivity contribution is 6.05. The maximum atomic E-state index is 13.1. The number of anilines is 2. The molecule has 1 fully saturated rings. The summed E-state index contributed by atoms with van der Waals surface area (Å²) in [5, 5.41) is 2.14. The van der Waals surface area contributed by atoms with Crippen LogP contribution in [0.2, 0.25) is 0 Å². The van der Waals surface area contributed by atoms with Crippen LogP contribution in [-0.2, 0) is 21.9 Å². The number of hydrogen-bond donors (Lipinski definition) is 1. The number of hydrogen-bond acceptors (Lipinski definition) is 2. The topological polar surface area (TPSA) is 49.4 Å². The molecule has 2 aromatic rings. The lowest BCUT2D eigenvalue weighted by molar-refractivity contribution is -0.143. The van der Waals surface area contributed by atoms with Crippen LogP contribution in [0.25, 0.3) is 0 Å². The van der Waals surface area contributed by atoms with Crippen molar-refractivity contribution < 1.29 is 35.9 Å². The second kappa shape index (κ2) is 8.14. The normalized spacial score (nSPS) is 19.4. The fourth-order valence-corrected chi connectivity index (χ4v) is 3.87. The van der Waals surface area contributed by atoms with Gasteiger partial charge in [0.05, 0.1) is 17.0 Å². The molecule has 3 rings (SSSR count). The summed E-state index contributed by atoms with van der Waals surface area (Å²) in [6.45, 7) is 5.07. The number of carbonyl (C=O) groups excluding carboxylic acids is 2. The molecule has 0 bridgehead atoms. The first-order valence-electron chi connectivity index (χ1n) is 9.68. The first-order chi connectivity index (χ1) is 14.7. The number of nitrogens with one attached hydrogen (secondary N) is 1. The van der Waals surface area contributed by atoms with Gasteiger partial charge in [0.15, 0.2) is 0 Å². The molecule has 2 aromatic carbocycles. The van der Waals surface area contributed by atoms with E-state index in [1.807, 2.05) is 6.07 Å². The van der Waals surface area contributed by atoms with Crippen LogP contribution in [0.4, 0.5) is 37.7 Å². The highest BCUT2D eigenvalue weighted by atomic mass is 19.4. The average molecular weight is 458 g/mol. The van der Waals surface area contributed by atoms with Crippen LogP contribution in [0.1, 0.15) is 29.2 Å². The third-order valence-electron chi connectivity index (χ3n) is 5.54. The molecule has 0 aromatic heterocycles. The maximum Gasteiger partial charge on any atom is 0.416 e. The second-order valence-electron chi connectivity index (χ2n) is 7.87. The summed E-state index contributed by atoms with van der Waals surface area (Å²) >= 11 is 0. The summed E-state index contributed by atoms with van der Waals surface area (Å²) in [6, 6.07) is 6.29. The minimum absolute atomic E-state index is 0.0138. The molecule has 4 nitrogen and oxygen atoms in total. The molecule has 1 heterocycles. The minimum atomic E-state index is -5.03. The summed E-state index contributed by atoms with van der Waals surface area (Å²) in [4.78, 5) is 27.0. The van der Waals surface area contributed by atoms with Gasteiger partial charge in [0.25, 0.3) is 0 Å². The van der Waals surface area contributed by atoms with Gasteiger partial charge in [-0.2, -0.15) is 26.3 Å². The van der Waals surface area contributed by atoms with Crippen LogP contribution < -0.4 is 10.2 Å². The van der Waals surface area contributed by atoms with Crippen molar-refractivity contribution in [2.24, 2.45) is 11.8 Å². The van der Waals surface area contributed by atoms with Crippen molar-refractivity contribution in [1.82, 2.24) is 0 Å². The van der Waals surface area contributed by atoms with Gasteiger partial charge in [0.2, 0.25) is 11.8 Å². The Hall–Kier alpha value is -3.04. The molecule has 0 aliphatic carbocycles. The Balaban J connectivity index is 1.90. The first kappa shape index (κ1) is 23.6. The number of halogens is 6. The Morgan fingerprint density at radius 3 is 1.94 bits per heavy atom. The van der Waals surface area contributed by atoms with Crippen molar-refractivity contribution >= 4 is 23.2 Å². The molecule has 1 saturated heterocycles. The second-order valence-corrected chi connectivity index (χ2v) is 7.87. The zero-order valence-electron chi connectivity index (χ0n) is 17.4. The molecule has 0 radical (unpaired) electrons. The number of benzene rings is 2. The Kier molecular flexibility index (Phi) is 6.01. The van der Waals surface area contributed by atoms with E-state index in [1.54, 1.807) is 26.0 Å². The van der Waals surface area contributed by atoms with Crippen molar-refractivity contribution in [3.05, 3.63) is 58.7 Å². The van der Waals surface area contributed by atoms with Gasteiger partial charge in [-0.05, 0) is 43.2 Å². The average Bonchev–Trinajstić information content (AvgIpc) is 2.95. The minimum Gasteiger partial charge on any atom is -0.326 e. The molecular weight excluding hydrogens is 438 g/mol. The Morgan fingerprint density at radius 2 is 1.47 bits per heavy atom. The highest BCUT2D eigenvalue weighted by Gasteiger charge is 2.43. The molecule has 1 aliphatic heterocycles. The zero-order valence-corrected chi connectivity index (χ0v) is 17.4. The standard InChI is InChI=1S/C22H20F6N2O2/c1-11-5-4-6-12(2)18(11)30-10-17(13(3)20(30)32)19(31)29-16-8-14(21(23,24)25)7-15(9-16)22(26,27)28/h4-9,13,17H,10H2,1-3H3,(H,29,31)/t13-,17-/m1/s1. The lowest BCUT2D eigenvalue weighted by Gasteiger charge is -2.21. The van der Waals surface area contributed by atoms with Crippen LogP contribution in [-0.4, -0.2) is 18.4 Å². The number of rotatable bonds is 3. The first-order valence-corrected chi connectivity index (χ1v) is 9.68. The van der Waals surface area contributed by atoms with E-state index in [1.165, 1.54) is 11.8 Å². The molecule has 2 atom stereocenters. The van der Waals surface area contributed by atoms with Crippen LogP contribution in [0.3, 0.4) is 0 Å². The van der Waals surface area contributed by atoms with Crippen LogP contribution in [0.15, 0.2) is 36.4 Å². The van der Waals surface area contributed by atoms with E-state index >= 15 is 0 Å². The van der Waals surface area contributed by atoms with E-state index < -0.39 is 46.9 Å². The molecule has 2 amide bonds. The van der Waals surface area contributed by atoms with Gasteiger partial charge in [-0.15, -0.1) is 0 Å². The molecule has 1 N–H and O–H groups in total. The fraction of sp³-hybridized carbons (Fsp3) is 0.364. The lowest BCUT2D eigenvalue weighted by atomic mass is 9.96. The number of carbonyl (C=O) groups is 2. The van der Waals surface area contributed by atoms with Crippen molar-refractivity contribution in [3.8, 4) is 0 Å². The maximum absolute atomic E-state index is 13.1. The Labute approximate surface area is 180 Å². The van der Waals surface area contributed by atoms with Gasteiger partial charge in [0.1, 0.15) is 0 Å². The SMILES string of the molecule is Cc1cccc(C)c1N1C[C@@H](C(=O)Nc2cc(C(F)(F)F)cc(C(F)(F)F)c2)[C@@H](C)C1=O. The summed E-state index contributed by atoms with van der Waals surface area (Å²) in [6.07, 6.45) is -10.1. The van der Waals surface area contributed by atoms with Gasteiger partial charge >= 0.3 is 12.4 Å². The van der Waals surface area contributed by atoms with Gasteiger partial charge in [-0.25, -0.2) is 0 Å². The number of nitrogens with zero attached hydrogens (tertiary/aromatic N) is 1. The van der Waals surface area contributed by atoms with Crippen LogP contribution >= 0.6 is 0 Å². The van der Waals surface area contributed by atoms with Gasteiger partial charge in [-0.3, -0.25) is 9.59 Å². The molecule has 0 unspecified atom stereocenters. The number of para-hydroxylation sites is 1. The number of amides is 2. The molecule has 0 saturated carbocycles. The zero-order chi connectivity index (χ0) is 24.0. The largest absolute Gasteiger partial charge is 0.416 e. The van der Waals surface area contributed by atoms with E-state index in [0.29, 0.717) is 17.8 Å². The predicted octanol–water partition coefficient (Wildman–Crippen LogP) is 5.58. The van der Waals surface area contributed by atoms with E-state index in [9.17, 15) is 35.9 Å². The van der Waals surface area contributed by atoms with Gasteiger partial charge < -0.3 is 10.2 Å². The summed E-state index contributed by atoms with van der Waals surface area (Å²) < 4.78 is 78.4. The molecule has 1 aliphatic rings. The number of aryl methyl sites for hydroxylation is 2. The van der Waals surface area contributed by atoms with E-state index in [0.717, 1.165) is 11.1 Å². The van der Waals surface area contributed by atoms with Crippen molar-refractivity contribution in [2.75, 3.05) is 16.8 Å². The van der Waals surface area contributed by atoms with Crippen LogP contribution in [0.5, 0.6) is 0 Å². The van der Waals surface area contributed by atoms with E-state index in [-0.39, 0.29) is 18.5 Å². The Morgan fingerprint density at radius 1 is 0.969 bits per heavy atom. The van der Waals surface area contributed by atoms with Crippen molar-refractivity contribution in [2.45, 2.75) is 33.1 Å². The van der Waals surface area contributed by atoms with Gasteiger partial charge in [-0.1, -0.05) is 25.1 Å². The van der Waals surface area contributed by atoms with E-state index in [2.05, 4.69) is 5.32 Å². The molecule has 10 heteroatoms. The molecule has 0 spiro atoms. The highest BCUT2D eigenvalue weighted by Crippen LogP contribution is 2.38. The summed E-state index contributed by atoms with van der Waals surface area (Å²) in [5.41, 5.74) is -1.45. The Bertz CT molecular complexity index is 1010. The van der Waals surface area contributed by atoms with E-state index in [4.69, 9.17) is 0 Å². The monoisotopic (exact) mass is 458 g/mol. The third-order valence-corrected chi connectivity index (χ3v) is 5.54. The van der Waals surface area contributed by atoms with Crippen LogP contribution in [0, 0.1) is 25.7 Å². The fourth-order valence-electron chi connectivity index (χ4n) is 3.87. The summed E-state index contributed by atoms with van der Waals surface area (Å²) in [7, 11) is 0.